The van der Waals surface area contributed by atoms with E-state index in [0.29, 0.717) is 16.8 Å². The first-order valence-corrected chi connectivity index (χ1v) is 4.91. The van der Waals surface area contributed by atoms with Gasteiger partial charge in [0, 0.05) is 11.3 Å². The molecule has 2 amide bonds. The number of rotatable bonds is 1. The largest absolute Gasteiger partial charge is 0.325 e. The average molecular weight is 230 g/mol. The first-order chi connectivity index (χ1) is 8.03. The quantitative estimate of drug-likeness (QED) is 0.268. The van der Waals surface area contributed by atoms with Crippen molar-refractivity contribution in [3.63, 3.8) is 0 Å². The summed E-state index contributed by atoms with van der Waals surface area (Å²) in [6.07, 6.45) is 0. The molecule has 0 aromatic heterocycles. The van der Waals surface area contributed by atoms with E-state index < -0.39 is 17.2 Å². The van der Waals surface area contributed by atoms with Gasteiger partial charge >= 0.3 is 0 Å². The summed E-state index contributed by atoms with van der Waals surface area (Å²) in [5.41, 5.74) is 2.04. The maximum Gasteiger partial charge on any atom is 0.253 e. The molecule has 6 nitrogen and oxygen atoms in total. The highest BCUT2D eigenvalue weighted by Crippen LogP contribution is 2.38. The van der Waals surface area contributed by atoms with Crippen LogP contribution in [0.15, 0.2) is 18.2 Å². The first kappa shape index (κ1) is 11.1. The fourth-order valence-electron chi connectivity index (χ4n) is 1.89. The summed E-state index contributed by atoms with van der Waals surface area (Å²) < 4.78 is 0. The Kier molecular flexibility index (Phi) is 2.33. The van der Waals surface area contributed by atoms with Crippen LogP contribution in [0.2, 0.25) is 0 Å². The topological polar surface area (TPSA) is 108 Å². The van der Waals surface area contributed by atoms with Crippen molar-refractivity contribution in [3.05, 3.63) is 29.3 Å². The van der Waals surface area contributed by atoms with Crippen molar-refractivity contribution in [2.24, 2.45) is 5.84 Å². The lowest BCUT2D eigenvalue weighted by molar-refractivity contribution is -0.133. The van der Waals surface area contributed by atoms with Gasteiger partial charge in [-0.15, -0.1) is 0 Å². The molecular weight excluding hydrogens is 220 g/mol. The normalized spacial score (nSPS) is 21.4. The molecule has 0 saturated heterocycles. The van der Waals surface area contributed by atoms with Crippen LogP contribution in [0.5, 0.6) is 0 Å². The highest BCUT2D eigenvalue weighted by molar-refractivity contribution is 6.20. The van der Waals surface area contributed by atoms with Crippen molar-refractivity contribution >= 4 is 17.5 Å². The zero-order chi connectivity index (χ0) is 12.6. The molecule has 0 bridgehead atoms. The Bertz CT molecular complexity index is 561. The molecule has 1 aromatic rings. The lowest BCUT2D eigenvalue weighted by atomic mass is 9.83. The number of nitrogens with two attached hydrogens (primary N) is 1. The number of fused-ring (bicyclic) bond motifs is 1. The summed E-state index contributed by atoms with van der Waals surface area (Å²) in [6, 6.07) is 6.64. The van der Waals surface area contributed by atoms with Gasteiger partial charge in [0.25, 0.3) is 5.91 Å². The fourth-order valence-corrected chi connectivity index (χ4v) is 1.89. The molecule has 1 heterocycles. The molecule has 17 heavy (non-hydrogen) atoms. The Balaban J connectivity index is 2.60. The van der Waals surface area contributed by atoms with E-state index in [1.807, 2.05) is 11.5 Å². The molecule has 1 aliphatic rings. The second-order valence-corrected chi connectivity index (χ2v) is 3.92. The number of hydrogen-bond acceptors (Lipinski definition) is 4. The van der Waals surface area contributed by atoms with Crippen molar-refractivity contribution in [1.82, 2.24) is 5.43 Å². The number of nitriles is 1. The lowest BCUT2D eigenvalue weighted by Gasteiger charge is -2.19. The third-order valence-corrected chi connectivity index (χ3v) is 2.97. The van der Waals surface area contributed by atoms with Gasteiger partial charge < -0.3 is 5.32 Å². The van der Waals surface area contributed by atoms with Crippen LogP contribution in [0, 0.1) is 11.3 Å². The van der Waals surface area contributed by atoms with Gasteiger partial charge in [0.15, 0.2) is 5.41 Å². The van der Waals surface area contributed by atoms with Gasteiger partial charge in [-0.05, 0) is 19.1 Å². The molecule has 1 aliphatic heterocycles. The summed E-state index contributed by atoms with van der Waals surface area (Å²) in [5.74, 6) is 4.04. The summed E-state index contributed by atoms with van der Waals surface area (Å²) in [6.45, 7) is 1.49. The minimum absolute atomic E-state index is 0.418. The van der Waals surface area contributed by atoms with Crippen molar-refractivity contribution in [1.29, 1.82) is 5.26 Å². The second kappa shape index (κ2) is 3.57. The Labute approximate surface area is 97.4 Å². The molecule has 0 aliphatic carbocycles. The highest BCUT2D eigenvalue weighted by Gasteiger charge is 2.48. The number of amides is 2. The molecule has 2 rings (SSSR count). The fraction of sp³-hybridized carbons (Fsp3) is 0.182. The van der Waals surface area contributed by atoms with E-state index in [0.717, 1.165) is 0 Å². The van der Waals surface area contributed by atoms with E-state index in [4.69, 9.17) is 11.1 Å². The summed E-state index contributed by atoms with van der Waals surface area (Å²) in [7, 11) is 0. The van der Waals surface area contributed by atoms with Crippen molar-refractivity contribution in [2.75, 3.05) is 5.32 Å². The number of anilines is 1. The van der Waals surface area contributed by atoms with Crippen LogP contribution in [0.1, 0.15) is 18.1 Å². The van der Waals surface area contributed by atoms with Gasteiger partial charge in [0.2, 0.25) is 5.91 Å². The summed E-state index contributed by atoms with van der Waals surface area (Å²) in [4.78, 5) is 23.5. The zero-order valence-electron chi connectivity index (χ0n) is 9.07. The molecule has 0 saturated carbocycles. The van der Waals surface area contributed by atoms with Crippen LogP contribution in [0.4, 0.5) is 5.69 Å². The third-order valence-electron chi connectivity index (χ3n) is 2.97. The van der Waals surface area contributed by atoms with Crippen LogP contribution in [0.3, 0.4) is 0 Å². The highest BCUT2D eigenvalue weighted by atomic mass is 16.2. The Morgan fingerprint density at radius 2 is 2.29 bits per heavy atom. The van der Waals surface area contributed by atoms with Crippen molar-refractivity contribution in [2.45, 2.75) is 12.3 Å². The first-order valence-electron chi connectivity index (χ1n) is 4.91. The van der Waals surface area contributed by atoms with Gasteiger partial charge in [-0.2, -0.15) is 5.26 Å². The van der Waals surface area contributed by atoms with Crippen molar-refractivity contribution < 1.29 is 9.59 Å². The number of nitrogens with one attached hydrogen (secondary N) is 2. The van der Waals surface area contributed by atoms with Gasteiger partial charge in [-0.1, -0.05) is 6.07 Å². The maximum absolute atomic E-state index is 11.8. The molecule has 1 unspecified atom stereocenters. The lowest BCUT2D eigenvalue weighted by Crippen LogP contribution is -2.49. The maximum atomic E-state index is 11.8. The molecule has 0 spiro atoms. The monoisotopic (exact) mass is 230 g/mol. The minimum atomic E-state index is -1.35. The molecule has 0 radical (unpaired) electrons. The average Bonchev–Trinajstić information content (AvgIpc) is 2.61. The van der Waals surface area contributed by atoms with Gasteiger partial charge in [0.1, 0.15) is 0 Å². The van der Waals surface area contributed by atoms with Crippen LogP contribution in [-0.4, -0.2) is 11.8 Å². The van der Waals surface area contributed by atoms with Gasteiger partial charge in [-0.3, -0.25) is 15.0 Å². The van der Waals surface area contributed by atoms with E-state index in [-0.39, 0.29) is 0 Å². The Morgan fingerprint density at radius 1 is 1.59 bits per heavy atom. The molecule has 4 N–H and O–H groups in total. The summed E-state index contributed by atoms with van der Waals surface area (Å²) in [5, 5.41) is 11.3. The third kappa shape index (κ3) is 1.37. The number of nitrogens with zero attached hydrogens (tertiary/aromatic N) is 1. The number of benzene rings is 1. The van der Waals surface area contributed by atoms with Crippen LogP contribution in [0.25, 0.3) is 0 Å². The molecule has 0 fully saturated rings. The van der Waals surface area contributed by atoms with E-state index in [9.17, 15) is 9.59 Å². The second-order valence-electron chi connectivity index (χ2n) is 3.92. The zero-order valence-corrected chi connectivity index (χ0v) is 9.07. The van der Waals surface area contributed by atoms with Crippen LogP contribution < -0.4 is 16.6 Å². The predicted molar refractivity (Wildman–Crippen MR) is 59.5 cm³/mol. The van der Waals surface area contributed by atoms with Gasteiger partial charge in [0.05, 0.1) is 11.6 Å². The number of hydrazine groups is 1. The molecule has 86 valence electrons. The van der Waals surface area contributed by atoms with E-state index >= 15 is 0 Å². The Morgan fingerprint density at radius 3 is 2.88 bits per heavy atom. The molecule has 6 heteroatoms. The van der Waals surface area contributed by atoms with Crippen LogP contribution >= 0.6 is 0 Å². The number of hydrogen-bond donors (Lipinski definition) is 3. The minimum Gasteiger partial charge on any atom is -0.325 e. The molecular formula is C11H10N4O2. The van der Waals surface area contributed by atoms with E-state index in [2.05, 4.69) is 5.32 Å². The molecule has 1 atom stereocenters. The number of carbonyl (C=O) groups excluding carboxylic acids is 2. The number of carbonyl (C=O) groups is 2. The van der Waals surface area contributed by atoms with E-state index in [1.165, 1.54) is 13.0 Å². The van der Waals surface area contributed by atoms with Crippen molar-refractivity contribution in [3.8, 4) is 6.07 Å². The predicted octanol–water partition coefficient (Wildman–Crippen LogP) is -0.242. The standard InChI is InChI=1S/C11H10N4O2/c1-11(10(17)15-13)7-3-2-6(5-12)4-8(7)14-9(11)16/h2-4H,13H2,1H3,(H,14,16)(H,15,17). The molecule has 1 aromatic carbocycles. The summed E-state index contributed by atoms with van der Waals surface area (Å²) >= 11 is 0. The Hall–Kier alpha value is -2.39. The van der Waals surface area contributed by atoms with E-state index in [1.54, 1.807) is 12.1 Å². The van der Waals surface area contributed by atoms with Gasteiger partial charge in [-0.25, -0.2) is 5.84 Å². The SMILES string of the molecule is CC1(C(=O)NN)C(=O)Nc2cc(C#N)ccc21. The smallest absolute Gasteiger partial charge is 0.253 e. The van der Waals surface area contributed by atoms with Crippen LogP contribution in [-0.2, 0) is 15.0 Å².